The topological polar surface area (TPSA) is 101 Å². The van der Waals surface area contributed by atoms with E-state index in [0.29, 0.717) is 17.9 Å². The van der Waals surface area contributed by atoms with E-state index in [4.69, 9.17) is 5.73 Å². The maximum atomic E-state index is 10.2. The molecule has 1 aromatic carbocycles. The van der Waals surface area contributed by atoms with Crippen LogP contribution in [0.2, 0.25) is 0 Å². The molecule has 1 heterocycles. The number of anilines is 1. The van der Waals surface area contributed by atoms with Gasteiger partial charge in [-0.3, -0.25) is 0 Å². The molecule has 1 unspecified atom stereocenters. The van der Waals surface area contributed by atoms with Crippen molar-refractivity contribution in [3.63, 3.8) is 0 Å². The number of nitrogens with one attached hydrogen (secondary N) is 1. The van der Waals surface area contributed by atoms with Crippen molar-refractivity contribution >= 4 is 5.69 Å². The van der Waals surface area contributed by atoms with Crippen molar-refractivity contribution < 1.29 is 25.4 Å². The fraction of sp³-hybridized carbons (Fsp3) is 0.417. The van der Waals surface area contributed by atoms with Gasteiger partial charge in [0.05, 0.1) is 6.10 Å². The van der Waals surface area contributed by atoms with E-state index >= 15 is 0 Å². The Kier molecular flexibility index (Phi) is 6.02. The SMILES string of the molecule is CCCCC(O)c1ccc(N)cc1-c1nn[nH]n1.[H-].[Li+]. The van der Waals surface area contributed by atoms with Gasteiger partial charge < -0.3 is 12.3 Å². The zero-order valence-corrected chi connectivity index (χ0v) is 11.3. The number of hydrogen-bond acceptors (Lipinski definition) is 5. The molecule has 98 valence electrons. The van der Waals surface area contributed by atoms with E-state index in [9.17, 15) is 5.11 Å². The molecule has 0 fully saturated rings. The van der Waals surface area contributed by atoms with Crippen molar-refractivity contribution in [1.29, 1.82) is 0 Å². The van der Waals surface area contributed by atoms with Crippen LogP contribution in [-0.2, 0) is 0 Å². The molecule has 0 amide bonds. The van der Waals surface area contributed by atoms with Gasteiger partial charge >= 0.3 is 18.9 Å². The number of nitrogens with zero attached hydrogens (tertiary/aromatic N) is 3. The van der Waals surface area contributed by atoms with Gasteiger partial charge in [0.1, 0.15) is 0 Å². The predicted octanol–water partition coefficient (Wildman–Crippen LogP) is -1.21. The minimum atomic E-state index is -0.529. The molecule has 0 spiro atoms. The van der Waals surface area contributed by atoms with Crippen LogP contribution in [0, 0.1) is 0 Å². The molecule has 19 heavy (non-hydrogen) atoms. The number of nitrogens with two attached hydrogens (primary N) is 1. The summed E-state index contributed by atoms with van der Waals surface area (Å²) in [6.07, 6.45) is 2.20. The second-order valence-corrected chi connectivity index (χ2v) is 4.24. The number of benzene rings is 1. The number of aromatic nitrogens is 4. The van der Waals surface area contributed by atoms with Gasteiger partial charge in [-0.15, -0.1) is 10.2 Å². The van der Waals surface area contributed by atoms with E-state index in [-0.39, 0.29) is 20.3 Å². The van der Waals surface area contributed by atoms with Crippen LogP contribution in [-0.4, -0.2) is 25.7 Å². The zero-order valence-electron chi connectivity index (χ0n) is 12.3. The fourth-order valence-corrected chi connectivity index (χ4v) is 1.89. The second-order valence-electron chi connectivity index (χ2n) is 4.24. The van der Waals surface area contributed by atoms with Crippen molar-refractivity contribution in [3.05, 3.63) is 23.8 Å². The normalized spacial score (nSPS) is 11.9. The molecule has 2 rings (SSSR count). The van der Waals surface area contributed by atoms with E-state index in [1.54, 1.807) is 12.1 Å². The molecule has 0 radical (unpaired) electrons. The van der Waals surface area contributed by atoms with Crippen molar-refractivity contribution in [2.45, 2.75) is 32.3 Å². The van der Waals surface area contributed by atoms with Gasteiger partial charge in [-0.2, -0.15) is 5.21 Å². The Labute approximate surface area is 125 Å². The van der Waals surface area contributed by atoms with Gasteiger partial charge in [0.2, 0.25) is 5.82 Å². The van der Waals surface area contributed by atoms with Crippen LogP contribution in [0.4, 0.5) is 5.69 Å². The molecule has 0 aliphatic heterocycles. The Morgan fingerprint density at radius 2 is 2.26 bits per heavy atom. The summed E-state index contributed by atoms with van der Waals surface area (Å²) >= 11 is 0. The molecular formula is C12H18LiN5O. The van der Waals surface area contributed by atoms with E-state index in [1.165, 1.54) is 0 Å². The number of aliphatic hydroxyl groups excluding tert-OH is 1. The third-order valence-electron chi connectivity index (χ3n) is 2.85. The number of aromatic amines is 1. The number of nitrogen functional groups attached to an aromatic ring is 1. The number of aliphatic hydroxyl groups is 1. The summed E-state index contributed by atoms with van der Waals surface area (Å²) in [5, 5.41) is 24.0. The zero-order chi connectivity index (χ0) is 13.0. The Morgan fingerprint density at radius 1 is 1.47 bits per heavy atom. The third-order valence-corrected chi connectivity index (χ3v) is 2.85. The van der Waals surface area contributed by atoms with Crippen LogP contribution in [0.25, 0.3) is 11.4 Å². The second kappa shape index (κ2) is 7.29. The molecule has 0 bridgehead atoms. The average molecular weight is 255 g/mol. The van der Waals surface area contributed by atoms with Crippen molar-refractivity contribution in [2.24, 2.45) is 0 Å². The average Bonchev–Trinajstić information content (AvgIpc) is 2.89. The Morgan fingerprint density at radius 3 is 2.89 bits per heavy atom. The number of unbranched alkanes of at least 4 members (excludes halogenated alkanes) is 1. The molecule has 0 aliphatic carbocycles. The summed E-state index contributed by atoms with van der Waals surface area (Å²) in [7, 11) is 0. The summed E-state index contributed by atoms with van der Waals surface area (Å²) in [6.45, 7) is 2.09. The Bertz CT molecular complexity index is 509. The summed E-state index contributed by atoms with van der Waals surface area (Å²) in [4.78, 5) is 0. The first-order chi connectivity index (χ1) is 8.72. The van der Waals surface area contributed by atoms with Crippen molar-refractivity contribution in [3.8, 4) is 11.4 Å². The first-order valence-electron chi connectivity index (χ1n) is 6.03. The van der Waals surface area contributed by atoms with Gasteiger partial charge in [0.15, 0.2) is 0 Å². The molecule has 7 heteroatoms. The maximum Gasteiger partial charge on any atom is 1.00 e. The van der Waals surface area contributed by atoms with Crippen LogP contribution < -0.4 is 24.6 Å². The predicted molar refractivity (Wildman–Crippen MR) is 69.6 cm³/mol. The summed E-state index contributed by atoms with van der Waals surface area (Å²) < 4.78 is 0. The monoisotopic (exact) mass is 255 g/mol. The number of H-pyrrole nitrogens is 1. The first-order valence-corrected chi connectivity index (χ1v) is 6.03. The summed E-state index contributed by atoms with van der Waals surface area (Å²) in [5.74, 6) is 0.452. The van der Waals surface area contributed by atoms with Crippen molar-refractivity contribution in [2.75, 3.05) is 5.73 Å². The van der Waals surface area contributed by atoms with Gasteiger partial charge in [-0.25, -0.2) is 0 Å². The number of hydrogen-bond donors (Lipinski definition) is 3. The van der Waals surface area contributed by atoms with Gasteiger partial charge in [0, 0.05) is 11.3 Å². The summed E-state index contributed by atoms with van der Waals surface area (Å²) in [5.41, 5.74) is 7.90. The molecule has 0 saturated heterocycles. The van der Waals surface area contributed by atoms with E-state index in [1.807, 2.05) is 6.07 Å². The fourth-order valence-electron chi connectivity index (χ4n) is 1.89. The van der Waals surface area contributed by atoms with E-state index in [2.05, 4.69) is 27.5 Å². The molecule has 1 atom stereocenters. The van der Waals surface area contributed by atoms with Crippen LogP contribution in [0.3, 0.4) is 0 Å². The molecule has 2 aromatic rings. The van der Waals surface area contributed by atoms with Gasteiger partial charge in [0.25, 0.3) is 0 Å². The van der Waals surface area contributed by atoms with Crippen LogP contribution in [0.5, 0.6) is 0 Å². The third kappa shape index (κ3) is 3.80. The van der Waals surface area contributed by atoms with Crippen LogP contribution in [0.1, 0.15) is 39.3 Å². The minimum Gasteiger partial charge on any atom is -1.00 e. The Balaban J connectivity index is 0.00000180. The minimum absolute atomic E-state index is 0. The molecule has 0 aliphatic rings. The summed E-state index contributed by atoms with van der Waals surface area (Å²) in [6, 6.07) is 5.35. The smallest absolute Gasteiger partial charge is 1.00 e. The molecule has 0 saturated carbocycles. The van der Waals surface area contributed by atoms with Crippen LogP contribution in [0.15, 0.2) is 18.2 Å². The molecule has 1 aromatic heterocycles. The van der Waals surface area contributed by atoms with Crippen molar-refractivity contribution in [1.82, 2.24) is 20.6 Å². The van der Waals surface area contributed by atoms with E-state index < -0.39 is 6.10 Å². The van der Waals surface area contributed by atoms with E-state index in [0.717, 1.165) is 24.0 Å². The largest absolute Gasteiger partial charge is 1.00 e. The molecule has 6 nitrogen and oxygen atoms in total. The molecular weight excluding hydrogens is 237 g/mol. The van der Waals surface area contributed by atoms with Gasteiger partial charge in [-0.1, -0.05) is 25.8 Å². The number of tetrazole rings is 1. The van der Waals surface area contributed by atoms with Gasteiger partial charge in [-0.05, 0) is 29.3 Å². The molecule has 4 N–H and O–H groups in total. The Hall–Kier alpha value is -1.35. The standard InChI is InChI=1S/C12H17N5O.Li.H/c1-2-3-4-11(18)9-6-5-8(13)7-10(9)12-14-16-17-15-12;;/h5-7,11,18H,2-4,13H2,1H3,(H,14,15,16,17);;/q;+1;-1. The number of rotatable bonds is 5. The van der Waals surface area contributed by atoms with Crippen LogP contribution >= 0.6 is 0 Å². The first kappa shape index (κ1) is 15.7. The maximum absolute atomic E-state index is 10.2. The quantitative estimate of drug-likeness (QED) is 0.459.